The number of rotatable bonds is 4. The predicted octanol–water partition coefficient (Wildman–Crippen LogP) is 3.07. The highest BCUT2D eigenvalue weighted by Gasteiger charge is 2.26. The molecule has 0 spiro atoms. The van der Waals surface area contributed by atoms with Crippen molar-refractivity contribution in [2.45, 2.75) is 19.3 Å². The van der Waals surface area contributed by atoms with Gasteiger partial charge in [0.25, 0.3) is 0 Å². The molecule has 3 nitrogen and oxygen atoms in total. The van der Waals surface area contributed by atoms with Gasteiger partial charge >= 0.3 is 0 Å². The Bertz CT molecular complexity index is 456. The SMILES string of the molecule is N#Cc1c(Br)cccc1OCC1CCCC1CN. The minimum Gasteiger partial charge on any atom is -0.492 e. The summed E-state index contributed by atoms with van der Waals surface area (Å²) >= 11 is 3.36. The molecule has 1 aromatic carbocycles. The largest absolute Gasteiger partial charge is 0.492 e. The Balaban J connectivity index is 2.02. The van der Waals surface area contributed by atoms with Crippen LogP contribution in [0.1, 0.15) is 24.8 Å². The molecule has 0 radical (unpaired) electrons. The maximum absolute atomic E-state index is 9.11. The van der Waals surface area contributed by atoms with Gasteiger partial charge in [-0.3, -0.25) is 0 Å². The van der Waals surface area contributed by atoms with Crippen LogP contribution in [0.2, 0.25) is 0 Å². The van der Waals surface area contributed by atoms with Crippen LogP contribution in [-0.2, 0) is 0 Å². The molecule has 18 heavy (non-hydrogen) atoms. The zero-order valence-electron chi connectivity index (χ0n) is 10.2. The van der Waals surface area contributed by atoms with Crippen molar-refractivity contribution in [1.29, 1.82) is 5.26 Å². The number of hydrogen-bond acceptors (Lipinski definition) is 3. The summed E-state index contributed by atoms with van der Waals surface area (Å²) in [6.45, 7) is 1.39. The fourth-order valence-corrected chi connectivity index (χ4v) is 3.01. The van der Waals surface area contributed by atoms with E-state index in [0.717, 1.165) is 11.0 Å². The van der Waals surface area contributed by atoms with Crippen molar-refractivity contribution >= 4 is 15.9 Å². The number of halogens is 1. The molecule has 2 atom stereocenters. The normalized spacial score (nSPS) is 22.7. The summed E-state index contributed by atoms with van der Waals surface area (Å²) in [6.07, 6.45) is 3.62. The van der Waals surface area contributed by atoms with Crippen molar-refractivity contribution in [1.82, 2.24) is 0 Å². The smallest absolute Gasteiger partial charge is 0.138 e. The van der Waals surface area contributed by atoms with E-state index in [9.17, 15) is 0 Å². The highest BCUT2D eigenvalue weighted by atomic mass is 79.9. The zero-order valence-corrected chi connectivity index (χ0v) is 11.8. The van der Waals surface area contributed by atoms with Crippen LogP contribution in [0.15, 0.2) is 22.7 Å². The standard InChI is InChI=1S/C14H17BrN2O/c15-13-5-2-6-14(12(13)8-17)18-9-11-4-1-3-10(11)7-16/h2,5-6,10-11H,1,3-4,7,9,16H2. The number of nitrogens with zero attached hydrogens (tertiary/aromatic N) is 1. The topological polar surface area (TPSA) is 59.0 Å². The van der Waals surface area contributed by atoms with Gasteiger partial charge in [-0.05, 0) is 59.3 Å². The molecule has 96 valence electrons. The van der Waals surface area contributed by atoms with E-state index in [2.05, 4.69) is 22.0 Å². The number of nitriles is 1. The van der Waals surface area contributed by atoms with Crippen LogP contribution in [0.4, 0.5) is 0 Å². The van der Waals surface area contributed by atoms with Gasteiger partial charge in [0.15, 0.2) is 0 Å². The first-order chi connectivity index (χ1) is 8.76. The van der Waals surface area contributed by atoms with Crippen molar-refractivity contribution in [3.63, 3.8) is 0 Å². The second-order valence-electron chi connectivity index (χ2n) is 4.72. The molecular weight excluding hydrogens is 292 g/mol. The van der Waals surface area contributed by atoms with E-state index >= 15 is 0 Å². The molecule has 4 heteroatoms. The zero-order chi connectivity index (χ0) is 13.0. The maximum Gasteiger partial charge on any atom is 0.138 e. The lowest BCUT2D eigenvalue weighted by Crippen LogP contribution is -2.23. The van der Waals surface area contributed by atoms with E-state index in [1.54, 1.807) is 0 Å². The van der Waals surface area contributed by atoms with E-state index in [0.29, 0.717) is 29.8 Å². The van der Waals surface area contributed by atoms with E-state index < -0.39 is 0 Å². The van der Waals surface area contributed by atoms with Crippen molar-refractivity contribution < 1.29 is 4.74 Å². The lowest BCUT2D eigenvalue weighted by Gasteiger charge is -2.18. The van der Waals surface area contributed by atoms with Crippen molar-refractivity contribution in [3.8, 4) is 11.8 Å². The van der Waals surface area contributed by atoms with Gasteiger partial charge in [-0.25, -0.2) is 0 Å². The third kappa shape index (κ3) is 2.85. The van der Waals surface area contributed by atoms with Crippen LogP contribution in [0.25, 0.3) is 0 Å². The first-order valence-electron chi connectivity index (χ1n) is 6.27. The Morgan fingerprint density at radius 2 is 2.17 bits per heavy atom. The first-order valence-corrected chi connectivity index (χ1v) is 7.07. The molecule has 2 N–H and O–H groups in total. The molecule has 0 bridgehead atoms. The minimum atomic E-state index is 0.528. The predicted molar refractivity (Wildman–Crippen MR) is 74.2 cm³/mol. The average Bonchev–Trinajstić information content (AvgIpc) is 2.83. The minimum absolute atomic E-state index is 0.528. The van der Waals surface area contributed by atoms with Crippen LogP contribution in [0, 0.1) is 23.2 Å². The Labute approximate surface area is 116 Å². The Morgan fingerprint density at radius 1 is 1.39 bits per heavy atom. The van der Waals surface area contributed by atoms with Gasteiger partial charge in [-0.1, -0.05) is 12.5 Å². The number of nitrogens with two attached hydrogens (primary N) is 1. The molecule has 2 rings (SSSR count). The maximum atomic E-state index is 9.11. The van der Waals surface area contributed by atoms with Crippen LogP contribution in [-0.4, -0.2) is 13.2 Å². The third-order valence-corrected chi connectivity index (χ3v) is 4.32. The quantitative estimate of drug-likeness (QED) is 0.930. The molecule has 2 unspecified atom stereocenters. The van der Waals surface area contributed by atoms with Crippen LogP contribution in [0.3, 0.4) is 0 Å². The fourth-order valence-electron chi connectivity index (χ4n) is 2.57. The Kier molecular flexibility index (Phi) is 4.62. The van der Waals surface area contributed by atoms with Gasteiger partial charge in [0.1, 0.15) is 17.4 Å². The molecule has 0 saturated heterocycles. The van der Waals surface area contributed by atoms with Crippen LogP contribution in [0.5, 0.6) is 5.75 Å². The van der Waals surface area contributed by atoms with Gasteiger partial charge in [-0.2, -0.15) is 5.26 Å². The molecule has 0 aliphatic heterocycles. The van der Waals surface area contributed by atoms with E-state index in [1.165, 1.54) is 19.3 Å². The molecular formula is C14H17BrN2O. The second kappa shape index (κ2) is 6.21. The van der Waals surface area contributed by atoms with E-state index in [-0.39, 0.29) is 0 Å². The van der Waals surface area contributed by atoms with E-state index in [4.69, 9.17) is 15.7 Å². The number of ether oxygens (including phenoxy) is 1. The molecule has 1 aliphatic rings. The van der Waals surface area contributed by atoms with Crippen LogP contribution >= 0.6 is 15.9 Å². The van der Waals surface area contributed by atoms with Gasteiger partial charge in [-0.15, -0.1) is 0 Å². The van der Waals surface area contributed by atoms with Crippen molar-refractivity contribution in [3.05, 3.63) is 28.2 Å². The number of benzene rings is 1. The lowest BCUT2D eigenvalue weighted by atomic mass is 9.97. The van der Waals surface area contributed by atoms with Gasteiger partial charge in [0, 0.05) is 4.47 Å². The summed E-state index contributed by atoms with van der Waals surface area (Å²) in [5.41, 5.74) is 6.33. The molecule has 0 aromatic heterocycles. The molecule has 0 heterocycles. The van der Waals surface area contributed by atoms with Crippen molar-refractivity contribution in [2.75, 3.05) is 13.2 Å². The summed E-state index contributed by atoms with van der Waals surface area (Å²) in [5, 5.41) is 9.11. The summed E-state index contributed by atoms with van der Waals surface area (Å²) < 4.78 is 6.60. The van der Waals surface area contributed by atoms with Crippen molar-refractivity contribution in [2.24, 2.45) is 17.6 Å². The summed E-state index contributed by atoms with van der Waals surface area (Å²) in [4.78, 5) is 0. The fraction of sp³-hybridized carbons (Fsp3) is 0.500. The molecule has 1 aliphatic carbocycles. The summed E-state index contributed by atoms with van der Waals surface area (Å²) in [6, 6.07) is 7.75. The number of hydrogen-bond donors (Lipinski definition) is 1. The molecule has 1 saturated carbocycles. The summed E-state index contributed by atoms with van der Waals surface area (Å²) in [5.74, 6) is 1.76. The lowest BCUT2D eigenvalue weighted by molar-refractivity contribution is 0.216. The van der Waals surface area contributed by atoms with Gasteiger partial charge < -0.3 is 10.5 Å². The Hall–Kier alpha value is -1.05. The summed E-state index contributed by atoms with van der Waals surface area (Å²) in [7, 11) is 0. The van der Waals surface area contributed by atoms with Gasteiger partial charge in [0.2, 0.25) is 0 Å². The Morgan fingerprint density at radius 3 is 2.89 bits per heavy atom. The van der Waals surface area contributed by atoms with Gasteiger partial charge in [0.05, 0.1) is 6.61 Å². The molecule has 1 fully saturated rings. The average molecular weight is 309 g/mol. The second-order valence-corrected chi connectivity index (χ2v) is 5.58. The third-order valence-electron chi connectivity index (χ3n) is 3.66. The molecule has 1 aromatic rings. The monoisotopic (exact) mass is 308 g/mol. The van der Waals surface area contributed by atoms with Crippen LogP contribution < -0.4 is 10.5 Å². The van der Waals surface area contributed by atoms with E-state index in [1.807, 2.05) is 18.2 Å². The highest BCUT2D eigenvalue weighted by Crippen LogP contribution is 2.32. The highest BCUT2D eigenvalue weighted by molar-refractivity contribution is 9.10. The first kappa shape index (κ1) is 13.4. The molecule has 0 amide bonds.